The van der Waals surface area contributed by atoms with Crippen LogP contribution in [0.1, 0.15) is 30.7 Å². The number of hydrogen-bond donors (Lipinski definition) is 2. The van der Waals surface area contributed by atoms with Crippen LogP contribution in [0.4, 0.5) is 0 Å². The molecule has 4 nitrogen and oxygen atoms in total. The van der Waals surface area contributed by atoms with E-state index in [1.54, 1.807) is 18.2 Å². The number of hydrogen-bond acceptors (Lipinski definition) is 3. The van der Waals surface area contributed by atoms with Gasteiger partial charge in [0.1, 0.15) is 11.8 Å². The summed E-state index contributed by atoms with van der Waals surface area (Å²) in [6.07, 6.45) is 4.82. The first-order chi connectivity index (χ1) is 10.7. The maximum absolute atomic E-state index is 12.0. The molecular formula is C18H21NO3. The Labute approximate surface area is 130 Å². The van der Waals surface area contributed by atoms with Crippen molar-refractivity contribution in [1.82, 2.24) is 5.32 Å². The summed E-state index contributed by atoms with van der Waals surface area (Å²) in [6, 6.07) is 13.1. The first-order valence-corrected chi connectivity index (χ1v) is 7.35. The Hall–Kier alpha value is -2.33. The summed E-state index contributed by atoms with van der Waals surface area (Å²) in [4.78, 5) is 12.0. The van der Waals surface area contributed by atoms with Crippen LogP contribution in [0.5, 0.6) is 0 Å². The van der Waals surface area contributed by atoms with E-state index in [9.17, 15) is 9.90 Å². The summed E-state index contributed by atoms with van der Waals surface area (Å²) in [5.41, 5.74) is 2.25. The molecule has 1 heterocycles. The number of carbonyl (C=O) groups excluding carboxylic acids is 1. The predicted octanol–water partition coefficient (Wildman–Crippen LogP) is 3.01. The fraction of sp³-hybridized carbons (Fsp3) is 0.278. The predicted molar refractivity (Wildman–Crippen MR) is 85.2 cm³/mol. The van der Waals surface area contributed by atoms with Crippen LogP contribution in [0.3, 0.4) is 0 Å². The lowest BCUT2D eigenvalue weighted by Crippen LogP contribution is -2.29. The third-order valence-corrected chi connectivity index (χ3v) is 3.41. The Bertz CT molecular complexity index is 603. The zero-order valence-corrected chi connectivity index (χ0v) is 12.7. The van der Waals surface area contributed by atoms with Crippen molar-refractivity contribution in [3.05, 3.63) is 71.7 Å². The highest BCUT2D eigenvalue weighted by atomic mass is 16.3. The summed E-state index contributed by atoms with van der Waals surface area (Å²) >= 11 is 0. The zero-order valence-electron chi connectivity index (χ0n) is 12.7. The van der Waals surface area contributed by atoms with Crippen LogP contribution in [0.25, 0.3) is 0 Å². The number of aliphatic hydroxyl groups excluding tert-OH is 1. The van der Waals surface area contributed by atoms with Crippen molar-refractivity contribution < 1.29 is 14.3 Å². The summed E-state index contributed by atoms with van der Waals surface area (Å²) < 4.78 is 5.20. The molecule has 4 heteroatoms. The summed E-state index contributed by atoms with van der Waals surface area (Å²) in [7, 11) is 0. The molecule has 22 heavy (non-hydrogen) atoms. The van der Waals surface area contributed by atoms with Crippen molar-refractivity contribution in [2.45, 2.75) is 25.8 Å². The van der Waals surface area contributed by atoms with Gasteiger partial charge >= 0.3 is 0 Å². The number of rotatable bonds is 7. The van der Waals surface area contributed by atoms with E-state index in [1.165, 1.54) is 11.8 Å². The highest BCUT2D eigenvalue weighted by molar-refractivity contribution is 5.88. The lowest BCUT2D eigenvalue weighted by molar-refractivity contribution is -0.117. The number of carbonyl (C=O) groups is 1. The van der Waals surface area contributed by atoms with Gasteiger partial charge in [-0.25, -0.2) is 0 Å². The van der Waals surface area contributed by atoms with Gasteiger partial charge in [0.15, 0.2) is 0 Å². The van der Waals surface area contributed by atoms with E-state index in [0.717, 1.165) is 18.4 Å². The van der Waals surface area contributed by atoms with Gasteiger partial charge in [0, 0.05) is 6.08 Å². The number of allylic oxidation sites excluding steroid dienone is 1. The smallest absolute Gasteiger partial charge is 0.244 e. The molecule has 1 aromatic carbocycles. The first kappa shape index (κ1) is 16.0. The van der Waals surface area contributed by atoms with Crippen LogP contribution in [0.15, 0.2) is 64.8 Å². The second-order valence-corrected chi connectivity index (χ2v) is 5.24. The Morgan fingerprint density at radius 3 is 2.68 bits per heavy atom. The molecule has 0 aliphatic heterocycles. The average Bonchev–Trinajstić information content (AvgIpc) is 3.06. The van der Waals surface area contributed by atoms with E-state index in [4.69, 9.17) is 4.42 Å². The lowest BCUT2D eigenvalue weighted by atomic mass is 10.1. The van der Waals surface area contributed by atoms with E-state index < -0.39 is 6.04 Å². The topological polar surface area (TPSA) is 62.5 Å². The largest absolute Gasteiger partial charge is 0.467 e. The maximum atomic E-state index is 12.0. The second-order valence-electron chi connectivity index (χ2n) is 5.24. The summed E-state index contributed by atoms with van der Waals surface area (Å²) in [6.45, 7) is 1.74. The van der Waals surface area contributed by atoms with Crippen molar-refractivity contribution >= 4 is 5.91 Å². The van der Waals surface area contributed by atoms with Crippen molar-refractivity contribution in [3.63, 3.8) is 0 Å². The highest BCUT2D eigenvalue weighted by Crippen LogP contribution is 2.13. The molecule has 1 aromatic heterocycles. The van der Waals surface area contributed by atoms with Gasteiger partial charge in [-0.3, -0.25) is 4.79 Å². The maximum Gasteiger partial charge on any atom is 0.244 e. The van der Waals surface area contributed by atoms with Gasteiger partial charge < -0.3 is 14.8 Å². The third kappa shape index (κ3) is 4.90. The van der Waals surface area contributed by atoms with Gasteiger partial charge in [-0.2, -0.15) is 0 Å². The number of furan rings is 1. The van der Waals surface area contributed by atoms with Crippen LogP contribution in [0, 0.1) is 0 Å². The molecule has 0 aliphatic rings. The van der Waals surface area contributed by atoms with Crippen molar-refractivity contribution in [2.75, 3.05) is 6.61 Å². The van der Waals surface area contributed by atoms with Crippen molar-refractivity contribution in [2.24, 2.45) is 0 Å². The minimum atomic E-state index is -0.513. The molecule has 2 rings (SSSR count). The number of aliphatic hydroxyl groups is 1. The Kier molecular flexibility index (Phi) is 5.98. The van der Waals surface area contributed by atoms with Gasteiger partial charge in [-0.05, 0) is 37.5 Å². The molecule has 0 aliphatic carbocycles. The third-order valence-electron chi connectivity index (χ3n) is 3.41. The van der Waals surface area contributed by atoms with E-state index in [-0.39, 0.29) is 12.5 Å². The minimum Gasteiger partial charge on any atom is -0.467 e. The van der Waals surface area contributed by atoms with E-state index in [0.29, 0.717) is 5.76 Å². The molecule has 1 unspecified atom stereocenters. The van der Waals surface area contributed by atoms with Crippen molar-refractivity contribution in [1.29, 1.82) is 0 Å². The lowest BCUT2D eigenvalue weighted by Gasteiger charge is -2.12. The molecular weight excluding hydrogens is 278 g/mol. The van der Waals surface area contributed by atoms with Gasteiger partial charge in [0.05, 0.1) is 12.9 Å². The van der Waals surface area contributed by atoms with Gasteiger partial charge in [-0.1, -0.05) is 35.9 Å². The highest BCUT2D eigenvalue weighted by Gasteiger charge is 2.14. The van der Waals surface area contributed by atoms with Crippen LogP contribution in [0.2, 0.25) is 0 Å². The average molecular weight is 299 g/mol. The number of benzene rings is 1. The molecule has 1 amide bonds. The zero-order chi connectivity index (χ0) is 15.8. The molecule has 0 saturated carbocycles. The van der Waals surface area contributed by atoms with Crippen LogP contribution in [-0.2, 0) is 11.2 Å². The molecule has 0 saturated heterocycles. The van der Waals surface area contributed by atoms with Gasteiger partial charge in [0.25, 0.3) is 0 Å². The van der Waals surface area contributed by atoms with E-state index in [2.05, 4.69) is 17.4 Å². The fourth-order valence-electron chi connectivity index (χ4n) is 2.19. The van der Waals surface area contributed by atoms with Crippen LogP contribution >= 0.6 is 0 Å². The summed E-state index contributed by atoms with van der Waals surface area (Å²) in [5.74, 6) is 0.326. The molecule has 0 fully saturated rings. The Balaban J connectivity index is 1.86. The SMILES string of the molecule is C/C(=C/C(=O)NC(CO)c1ccco1)CCc1ccccc1. The first-order valence-electron chi connectivity index (χ1n) is 7.35. The summed E-state index contributed by atoms with van der Waals surface area (Å²) in [5, 5.41) is 12.1. The van der Waals surface area contributed by atoms with Gasteiger partial charge in [-0.15, -0.1) is 0 Å². The van der Waals surface area contributed by atoms with E-state index in [1.807, 2.05) is 25.1 Å². The molecule has 0 bridgehead atoms. The number of aryl methyl sites for hydroxylation is 1. The van der Waals surface area contributed by atoms with Gasteiger partial charge in [0.2, 0.25) is 5.91 Å². The molecule has 2 N–H and O–H groups in total. The Morgan fingerprint density at radius 1 is 1.27 bits per heavy atom. The molecule has 0 radical (unpaired) electrons. The quantitative estimate of drug-likeness (QED) is 0.773. The minimum absolute atomic E-state index is 0.198. The fourth-order valence-corrected chi connectivity index (χ4v) is 2.19. The standard InChI is InChI=1S/C18H21NO3/c1-14(9-10-15-6-3-2-4-7-15)12-18(21)19-16(13-20)17-8-5-11-22-17/h2-8,11-12,16,20H,9-10,13H2,1H3,(H,19,21)/b14-12-. The molecule has 1 atom stereocenters. The normalized spacial score (nSPS) is 12.9. The van der Waals surface area contributed by atoms with Crippen LogP contribution < -0.4 is 5.32 Å². The second kappa shape index (κ2) is 8.20. The van der Waals surface area contributed by atoms with Crippen LogP contribution in [-0.4, -0.2) is 17.6 Å². The Morgan fingerprint density at radius 2 is 2.05 bits per heavy atom. The monoisotopic (exact) mass is 299 g/mol. The van der Waals surface area contributed by atoms with Crippen molar-refractivity contribution in [3.8, 4) is 0 Å². The molecule has 2 aromatic rings. The molecule has 0 spiro atoms. The number of nitrogens with one attached hydrogen (secondary N) is 1. The number of amides is 1. The molecule has 116 valence electrons. The van der Waals surface area contributed by atoms with E-state index >= 15 is 0 Å².